The highest BCUT2D eigenvalue weighted by molar-refractivity contribution is 6.08. The summed E-state index contributed by atoms with van der Waals surface area (Å²) in [5.41, 5.74) is 8.25. The molecule has 3 heteroatoms. The SMILES string of the molecule is c1ccc(-c2cn(-c3ccc(-n4c5ccccc5c5ccncc54)cc3)c3ccccc23)cc1. The average Bonchev–Trinajstić information content (AvgIpc) is 3.46. The molecule has 0 radical (unpaired) electrons. The molecule has 3 heterocycles. The molecular weight excluding hydrogens is 414 g/mol. The topological polar surface area (TPSA) is 22.8 Å². The van der Waals surface area contributed by atoms with E-state index in [1.165, 1.54) is 38.3 Å². The van der Waals surface area contributed by atoms with Crippen LogP contribution in [0.5, 0.6) is 0 Å². The molecule has 0 aliphatic rings. The van der Waals surface area contributed by atoms with Crippen molar-refractivity contribution in [1.82, 2.24) is 14.1 Å². The van der Waals surface area contributed by atoms with Crippen molar-refractivity contribution in [3.8, 4) is 22.5 Å². The molecule has 0 N–H and O–H groups in total. The molecule has 3 nitrogen and oxygen atoms in total. The molecule has 7 rings (SSSR count). The first-order valence-corrected chi connectivity index (χ1v) is 11.5. The summed E-state index contributed by atoms with van der Waals surface area (Å²) in [5, 5.41) is 3.72. The third kappa shape index (κ3) is 2.81. The molecule has 4 aromatic carbocycles. The number of hydrogen-bond acceptors (Lipinski definition) is 1. The monoisotopic (exact) mass is 435 g/mol. The maximum absolute atomic E-state index is 4.40. The molecule has 0 unspecified atom stereocenters. The van der Waals surface area contributed by atoms with Crippen LogP contribution in [0, 0.1) is 0 Å². The lowest BCUT2D eigenvalue weighted by Gasteiger charge is -2.10. The van der Waals surface area contributed by atoms with Crippen molar-refractivity contribution in [1.29, 1.82) is 0 Å². The van der Waals surface area contributed by atoms with E-state index < -0.39 is 0 Å². The maximum Gasteiger partial charge on any atom is 0.0724 e. The summed E-state index contributed by atoms with van der Waals surface area (Å²) in [6.07, 6.45) is 6.07. The Balaban J connectivity index is 1.40. The number of para-hydroxylation sites is 2. The van der Waals surface area contributed by atoms with Gasteiger partial charge in [0.15, 0.2) is 0 Å². The fourth-order valence-corrected chi connectivity index (χ4v) is 5.10. The van der Waals surface area contributed by atoms with Crippen molar-refractivity contribution >= 4 is 32.7 Å². The maximum atomic E-state index is 4.40. The van der Waals surface area contributed by atoms with Gasteiger partial charge >= 0.3 is 0 Å². The van der Waals surface area contributed by atoms with Gasteiger partial charge in [0.2, 0.25) is 0 Å². The second-order valence-electron chi connectivity index (χ2n) is 8.56. The van der Waals surface area contributed by atoms with E-state index in [1.807, 2.05) is 12.4 Å². The van der Waals surface area contributed by atoms with Crippen LogP contribution < -0.4 is 0 Å². The van der Waals surface area contributed by atoms with E-state index in [2.05, 4.69) is 130 Å². The third-order valence-corrected chi connectivity index (χ3v) is 6.66. The molecule has 0 saturated carbocycles. The van der Waals surface area contributed by atoms with Crippen molar-refractivity contribution < 1.29 is 0 Å². The predicted molar refractivity (Wildman–Crippen MR) is 141 cm³/mol. The Morgan fingerprint density at radius 2 is 1.15 bits per heavy atom. The molecule has 0 aliphatic heterocycles. The van der Waals surface area contributed by atoms with Gasteiger partial charge in [-0.1, -0.05) is 66.7 Å². The molecule has 3 aromatic heterocycles. The van der Waals surface area contributed by atoms with Gasteiger partial charge in [0.05, 0.1) is 22.7 Å². The van der Waals surface area contributed by atoms with E-state index in [1.54, 1.807) is 0 Å². The van der Waals surface area contributed by atoms with Crippen LogP contribution in [0.4, 0.5) is 0 Å². The summed E-state index contributed by atoms with van der Waals surface area (Å²) in [4.78, 5) is 4.40. The molecule has 34 heavy (non-hydrogen) atoms. The van der Waals surface area contributed by atoms with Gasteiger partial charge in [-0.05, 0) is 48.0 Å². The van der Waals surface area contributed by atoms with Gasteiger partial charge in [-0.3, -0.25) is 4.98 Å². The number of hydrogen-bond donors (Lipinski definition) is 0. The zero-order valence-corrected chi connectivity index (χ0v) is 18.5. The lowest BCUT2D eigenvalue weighted by atomic mass is 10.1. The summed E-state index contributed by atoms with van der Waals surface area (Å²) in [6.45, 7) is 0. The number of fused-ring (bicyclic) bond motifs is 4. The summed E-state index contributed by atoms with van der Waals surface area (Å²) in [7, 11) is 0. The smallest absolute Gasteiger partial charge is 0.0724 e. The molecule has 7 aromatic rings. The van der Waals surface area contributed by atoms with Gasteiger partial charge in [0, 0.05) is 45.5 Å². The summed E-state index contributed by atoms with van der Waals surface area (Å²) < 4.78 is 4.58. The molecule has 0 amide bonds. The van der Waals surface area contributed by atoms with Crippen LogP contribution in [-0.4, -0.2) is 14.1 Å². The van der Waals surface area contributed by atoms with E-state index in [-0.39, 0.29) is 0 Å². The second-order valence-corrected chi connectivity index (χ2v) is 8.56. The Kier molecular flexibility index (Phi) is 4.15. The lowest BCUT2D eigenvalue weighted by Crippen LogP contribution is -1.96. The van der Waals surface area contributed by atoms with Crippen molar-refractivity contribution in [2.45, 2.75) is 0 Å². The van der Waals surface area contributed by atoms with Gasteiger partial charge in [-0.25, -0.2) is 0 Å². The molecule has 0 aliphatic carbocycles. The number of aromatic nitrogens is 3. The molecule has 0 saturated heterocycles. The van der Waals surface area contributed by atoms with E-state index in [0.29, 0.717) is 0 Å². The zero-order chi connectivity index (χ0) is 22.5. The average molecular weight is 436 g/mol. The van der Waals surface area contributed by atoms with Crippen molar-refractivity contribution in [3.05, 3.63) is 128 Å². The second kappa shape index (κ2) is 7.46. The van der Waals surface area contributed by atoms with Gasteiger partial charge in [0.25, 0.3) is 0 Å². The van der Waals surface area contributed by atoms with Gasteiger partial charge in [-0.15, -0.1) is 0 Å². The normalized spacial score (nSPS) is 11.5. The quantitative estimate of drug-likeness (QED) is 0.278. The van der Waals surface area contributed by atoms with Crippen LogP contribution in [0.25, 0.3) is 55.2 Å². The minimum atomic E-state index is 1.12. The third-order valence-electron chi connectivity index (χ3n) is 6.66. The lowest BCUT2D eigenvalue weighted by molar-refractivity contribution is 1.11. The molecular formula is C31H21N3. The minimum Gasteiger partial charge on any atom is -0.316 e. The summed E-state index contributed by atoms with van der Waals surface area (Å²) in [5.74, 6) is 0. The molecule has 0 spiro atoms. The highest BCUT2D eigenvalue weighted by Gasteiger charge is 2.14. The highest BCUT2D eigenvalue weighted by Crippen LogP contribution is 2.34. The Bertz CT molecular complexity index is 1740. The number of rotatable bonds is 3. The Hall–Kier alpha value is -4.63. The van der Waals surface area contributed by atoms with E-state index >= 15 is 0 Å². The fraction of sp³-hybridized carbons (Fsp3) is 0. The van der Waals surface area contributed by atoms with Crippen LogP contribution in [-0.2, 0) is 0 Å². The number of nitrogens with zero attached hydrogens (tertiary/aromatic N) is 3. The molecule has 160 valence electrons. The van der Waals surface area contributed by atoms with Crippen LogP contribution in [0.2, 0.25) is 0 Å². The van der Waals surface area contributed by atoms with Crippen molar-refractivity contribution in [2.24, 2.45) is 0 Å². The predicted octanol–water partition coefficient (Wildman–Crippen LogP) is 7.79. The van der Waals surface area contributed by atoms with E-state index in [9.17, 15) is 0 Å². The van der Waals surface area contributed by atoms with Crippen LogP contribution >= 0.6 is 0 Å². The van der Waals surface area contributed by atoms with E-state index in [4.69, 9.17) is 0 Å². The van der Waals surface area contributed by atoms with Crippen LogP contribution in [0.3, 0.4) is 0 Å². The number of pyridine rings is 1. The number of benzene rings is 4. The van der Waals surface area contributed by atoms with Crippen LogP contribution in [0.1, 0.15) is 0 Å². The minimum absolute atomic E-state index is 1.12. The van der Waals surface area contributed by atoms with Gasteiger partial charge < -0.3 is 9.13 Å². The standard InChI is InChI=1S/C31H21N3/c1-2-8-22(9-3-1)28-21-33(29-12-6-4-11-26(28)29)23-14-16-24(17-15-23)34-30-13-7-5-10-25(30)27-18-19-32-20-31(27)34/h1-21H. The summed E-state index contributed by atoms with van der Waals surface area (Å²) >= 11 is 0. The summed E-state index contributed by atoms with van der Waals surface area (Å²) in [6, 6.07) is 38.6. The first kappa shape index (κ1) is 18.9. The highest BCUT2D eigenvalue weighted by atomic mass is 15.0. The molecule has 0 atom stereocenters. The molecule has 0 fully saturated rings. The van der Waals surface area contributed by atoms with E-state index in [0.717, 1.165) is 16.9 Å². The van der Waals surface area contributed by atoms with Crippen LogP contribution in [0.15, 0.2) is 128 Å². The Morgan fingerprint density at radius 1 is 0.500 bits per heavy atom. The molecule has 0 bridgehead atoms. The first-order chi connectivity index (χ1) is 16.9. The Morgan fingerprint density at radius 3 is 1.97 bits per heavy atom. The van der Waals surface area contributed by atoms with Gasteiger partial charge in [0.1, 0.15) is 0 Å². The van der Waals surface area contributed by atoms with Crippen molar-refractivity contribution in [3.63, 3.8) is 0 Å². The fourth-order valence-electron chi connectivity index (χ4n) is 5.10. The Labute approximate surface area is 197 Å². The first-order valence-electron chi connectivity index (χ1n) is 11.5. The van der Waals surface area contributed by atoms with Crippen molar-refractivity contribution in [2.75, 3.05) is 0 Å². The zero-order valence-electron chi connectivity index (χ0n) is 18.5. The largest absolute Gasteiger partial charge is 0.316 e. The van der Waals surface area contributed by atoms with Gasteiger partial charge in [-0.2, -0.15) is 0 Å².